The SMILES string of the molecule is O=C(Nc1cccc(-c2nnc(Nc3ccc4c(c3)C=NC4)s2)c1)c1cnc[nH]1. The van der Waals surface area contributed by atoms with Crippen LogP contribution in [0.1, 0.15) is 21.6 Å². The minimum atomic E-state index is -0.251. The Morgan fingerprint density at radius 2 is 2.07 bits per heavy atom. The maximum atomic E-state index is 12.2. The minimum absolute atomic E-state index is 0.251. The topological polar surface area (TPSA) is 108 Å². The van der Waals surface area contributed by atoms with Gasteiger partial charge in [0.25, 0.3) is 5.91 Å². The van der Waals surface area contributed by atoms with Crippen LogP contribution in [0.5, 0.6) is 0 Å². The smallest absolute Gasteiger partial charge is 0.273 e. The normalized spacial score (nSPS) is 12.0. The summed E-state index contributed by atoms with van der Waals surface area (Å²) in [5.74, 6) is -0.251. The predicted molar refractivity (Wildman–Crippen MR) is 113 cm³/mol. The second kappa shape index (κ2) is 7.28. The van der Waals surface area contributed by atoms with E-state index in [9.17, 15) is 4.79 Å². The number of imidazole rings is 1. The van der Waals surface area contributed by atoms with E-state index in [4.69, 9.17) is 0 Å². The Morgan fingerprint density at radius 1 is 1.10 bits per heavy atom. The summed E-state index contributed by atoms with van der Waals surface area (Å²) < 4.78 is 0. The summed E-state index contributed by atoms with van der Waals surface area (Å²) in [6.07, 6.45) is 4.83. The van der Waals surface area contributed by atoms with Crippen LogP contribution in [0.2, 0.25) is 0 Å². The number of aromatic nitrogens is 4. The van der Waals surface area contributed by atoms with E-state index in [1.54, 1.807) is 0 Å². The van der Waals surface area contributed by atoms with E-state index in [1.807, 2.05) is 36.5 Å². The van der Waals surface area contributed by atoms with Gasteiger partial charge >= 0.3 is 0 Å². The van der Waals surface area contributed by atoms with Gasteiger partial charge in [-0.1, -0.05) is 29.5 Å². The van der Waals surface area contributed by atoms with E-state index in [0.29, 0.717) is 16.5 Å². The minimum Gasteiger partial charge on any atom is -0.341 e. The van der Waals surface area contributed by atoms with Crippen molar-refractivity contribution in [1.29, 1.82) is 0 Å². The summed E-state index contributed by atoms with van der Waals surface area (Å²) >= 11 is 1.44. The highest BCUT2D eigenvalue weighted by Crippen LogP contribution is 2.30. The average Bonchev–Trinajstić information content (AvgIpc) is 3.49. The fourth-order valence-electron chi connectivity index (χ4n) is 3.00. The molecule has 0 aliphatic carbocycles. The zero-order valence-electron chi connectivity index (χ0n) is 15.1. The van der Waals surface area contributed by atoms with Crippen molar-refractivity contribution in [2.45, 2.75) is 6.54 Å². The molecule has 3 N–H and O–H groups in total. The Bertz CT molecular complexity index is 1210. The van der Waals surface area contributed by atoms with Crippen LogP contribution in [-0.4, -0.2) is 32.3 Å². The van der Waals surface area contributed by atoms with Gasteiger partial charge in [0, 0.05) is 23.2 Å². The highest BCUT2D eigenvalue weighted by molar-refractivity contribution is 7.18. The molecule has 0 bridgehead atoms. The van der Waals surface area contributed by atoms with Gasteiger partial charge in [-0.3, -0.25) is 9.79 Å². The van der Waals surface area contributed by atoms with Crippen molar-refractivity contribution in [3.05, 3.63) is 71.8 Å². The predicted octanol–water partition coefficient (Wildman–Crippen LogP) is 3.86. The van der Waals surface area contributed by atoms with Crippen LogP contribution in [0, 0.1) is 0 Å². The lowest BCUT2D eigenvalue weighted by molar-refractivity contribution is 0.102. The molecule has 1 aliphatic heterocycles. The lowest BCUT2D eigenvalue weighted by Crippen LogP contribution is -2.12. The van der Waals surface area contributed by atoms with E-state index in [1.165, 1.54) is 29.4 Å². The van der Waals surface area contributed by atoms with Gasteiger partial charge in [-0.15, -0.1) is 10.2 Å². The number of carbonyl (C=O) groups excluding carboxylic acids is 1. The van der Waals surface area contributed by atoms with Crippen LogP contribution in [0.25, 0.3) is 10.6 Å². The van der Waals surface area contributed by atoms with Gasteiger partial charge < -0.3 is 15.6 Å². The number of amides is 1. The van der Waals surface area contributed by atoms with Crippen molar-refractivity contribution >= 4 is 40.0 Å². The van der Waals surface area contributed by atoms with Crippen molar-refractivity contribution in [2.24, 2.45) is 4.99 Å². The van der Waals surface area contributed by atoms with Crippen molar-refractivity contribution in [2.75, 3.05) is 10.6 Å². The summed E-state index contributed by atoms with van der Waals surface area (Å²) in [4.78, 5) is 23.1. The molecular weight excluding hydrogens is 386 g/mol. The number of nitrogens with one attached hydrogen (secondary N) is 3. The second-order valence-electron chi connectivity index (χ2n) is 6.42. The van der Waals surface area contributed by atoms with Crippen LogP contribution in [0.4, 0.5) is 16.5 Å². The van der Waals surface area contributed by atoms with Crippen molar-refractivity contribution < 1.29 is 4.79 Å². The maximum Gasteiger partial charge on any atom is 0.273 e. The number of anilines is 3. The zero-order valence-corrected chi connectivity index (χ0v) is 15.9. The number of aliphatic imine (C=N–C) groups is 1. The van der Waals surface area contributed by atoms with E-state index >= 15 is 0 Å². The van der Waals surface area contributed by atoms with Gasteiger partial charge in [-0.2, -0.15) is 0 Å². The average molecular weight is 401 g/mol. The van der Waals surface area contributed by atoms with Crippen molar-refractivity contribution in [3.63, 3.8) is 0 Å². The lowest BCUT2D eigenvalue weighted by Gasteiger charge is -2.05. The molecule has 29 heavy (non-hydrogen) atoms. The molecule has 2 aromatic heterocycles. The molecule has 9 heteroatoms. The van der Waals surface area contributed by atoms with Gasteiger partial charge in [0.15, 0.2) is 0 Å². The number of carbonyl (C=O) groups is 1. The van der Waals surface area contributed by atoms with E-state index in [-0.39, 0.29) is 5.91 Å². The Balaban J connectivity index is 1.32. The first-order valence-corrected chi connectivity index (χ1v) is 9.70. The number of benzene rings is 2. The molecule has 0 saturated carbocycles. The molecule has 0 spiro atoms. The van der Waals surface area contributed by atoms with Gasteiger partial charge in [0.1, 0.15) is 10.7 Å². The van der Waals surface area contributed by atoms with Gasteiger partial charge in [0.2, 0.25) is 5.13 Å². The number of fused-ring (bicyclic) bond motifs is 1. The summed E-state index contributed by atoms with van der Waals surface area (Å²) in [6, 6.07) is 13.6. The highest BCUT2D eigenvalue weighted by Gasteiger charge is 2.12. The third-order valence-corrected chi connectivity index (χ3v) is 5.31. The number of rotatable bonds is 5. The second-order valence-corrected chi connectivity index (χ2v) is 7.40. The standard InChI is InChI=1S/C20H15N7OS/c28-18(17-10-22-11-23-17)24-15-3-1-2-12(6-15)19-26-27-20(29-19)25-16-5-4-13-8-21-9-14(13)7-16/h1-7,9-11H,8H2,(H,22,23)(H,24,28)(H,25,27). The Kier molecular flexibility index (Phi) is 4.34. The third-order valence-electron chi connectivity index (χ3n) is 4.42. The summed E-state index contributed by atoms with van der Waals surface area (Å²) in [6.45, 7) is 0.742. The van der Waals surface area contributed by atoms with E-state index in [0.717, 1.165) is 28.4 Å². The van der Waals surface area contributed by atoms with Gasteiger partial charge in [0.05, 0.1) is 19.1 Å². The molecule has 3 heterocycles. The largest absolute Gasteiger partial charge is 0.341 e. The molecule has 0 atom stereocenters. The third kappa shape index (κ3) is 3.63. The van der Waals surface area contributed by atoms with Crippen LogP contribution in [-0.2, 0) is 6.54 Å². The molecule has 0 fully saturated rings. The number of aromatic amines is 1. The van der Waals surface area contributed by atoms with Crippen LogP contribution >= 0.6 is 11.3 Å². The first kappa shape index (κ1) is 17.3. The van der Waals surface area contributed by atoms with Crippen LogP contribution in [0.3, 0.4) is 0 Å². The highest BCUT2D eigenvalue weighted by atomic mass is 32.1. The van der Waals surface area contributed by atoms with Crippen molar-refractivity contribution in [1.82, 2.24) is 20.2 Å². The Morgan fingerprint density at radius 3 is 2.97 bits per heavy atom. The molecular formula is C20H15N7OS. The zero-order chi connectivity index (χ0) is 19.6. The van der Waals surface area contributed by atoms with Crippen LogP contribution in [0.15, 0.2) is 60.0 Å². The summed E-state index contributed by atoms with van der Waals surface area (Å²) in [5, 5.41) is 16.1. The molecule has 0 radical (unpaired) electrons. The van der Waals surface area contributed by atoms with Gasteiger partial charge in [-0.25, -0.2) is 4.98 Å². The monoisotopic (exact) mass is 401 g/mol. The number of H-pyrrole nitrogens is 1. The van der Waals surface area contributed by atoms with E-state index in [2.05, 4.69) is 47.9 Å². The fraction of sp³-hybridized carbons (Fsp3) is 0.0500. The number of nitrogens with zero attached hydrogens (tertiary/aromatic N) is 4. The lowest BCUT2D eigenvalue weighted by atomic mass is 10.1. The van der Waals surface area contributed by atoms with Gasteiger partial charge in [-0.05, 0) is 35.4 Å². The van der Waals surface area contributed by atoms with E-state index < -0.39 is 0 Å². The molecule has 4 aromatic rings. The number of hydrogen-bond donors (Lipinski definition) is 3. The number of hydrogen-bond acceptors (Lipinski definition) is 7. The molecule has 5 rings (SSSR count). The fourth-order valence-corrected chi connectivity index (χ4v) is 3.76. The molecule has 1 aliphatic rings. The molecule has 1 amide bonds. The molecule has 0 unspecified atom stereocenters. The molecule has 0 saturated heterocycles. The Labute approximate surface area is 169 Å². The van der Waals surface area contributed by atoms with Crippen LogP contribution < -0.4 is 10.6 Å². The maximum absolute atomic E-state index is 12.2. The molecule has 8 nitrogen and oxygen atoms in total. The summed E-state index contributed by atoms with van der Waals surface area (Å²) in [7, 11) is 0. The molecule has 2 aromatic carbocycles. The Hall–Kier alpha value is -3.85. The van der Waals surface area contributed by atoms with Crippen molar-refractivity contribution in [3.8, 4) is 10.6 Å². The molecule has 142 valence electrons. The first-order valence-electron chi connectivity index (χ1n) is 8.88. The summed E-state index contributed by atoms with van der Waals surface area (Å²) in [5.41, 5.74) is 5.24. The quantitative estimate of drug-likeness (QED) is 0.471. The first-order chi connectivity index (χ1) is 14.2.